The van der Waals surface area contributed by atoms with Gasteiger partial charge in [0.25, 0.3) is 0 Å². The van der Waals surface area contributed by atoms with Crippen LogP contribution in [0.1, 0.15) is 12.0 Å². The van der Waals surface area contributed by atoms with E-state index < -0.39 is 0 Å². The van der Waals surface area contributed by atoms with Crippen molar-refractivity contribution in [2.24, 2.45) is 0 Å². The van der Waals surface area contributed by atoms with Crippen molar-refractivity contribution in [2.45, 2.75) is 17.4 Å². The molecule has 0 unspecified atom stereocenters. The first kappa shape index (κ1) is 16.3. The van der Waals surface area contributed by atoms with Crippen LogP contribution in [0.2, 0.25) is 0 Å². The van der Waals surface area contributed by atoms with Crippen molar-refractivity contribution in [2.75, 3.05) is 18.8 Å². The number of benzene rings is 1. The van der Waals surface area contributed by atoms with E-state index in [0.717, 1.165) is 5.75 Å². The third-order valence-electron chi connectivity index (χ3n) is 3.68. The molecule has 1 aliphatic heterocycles. The Bertz CT molecular complexity index is 722. The zero-order valence-electron chi connectivity index (χ0n) is 13.1. The highest BCUT2D eigenvalue weighted by atomic mass is 32.2. The number of amides is 1. The second-order valence-electron chi connectivity index (χ2n) is 5.45. The van der Waals surface area contributed by atoms with Gasteiger partial charge in [0.1, 0.15) is 12.2 Å². The first-order chi connectivity index (χ1) is 11.7. The van der Waals surface area contributed by atoms with Gasteiger partial charge in [0.2, 0.25) is 11.8 Å². The van der Waals surface area contributed by atoms with E-state index in [4.69, 9.17) is 10.00 Å². The van der Waals surface area contributed by atoms with Crippen LogP contribution in [0.3, 0.4) is 0 Å². The number of thioether (sulfide) groups is 1. The van der Waals surface area contributed by atoms with Crippen LogP contribution >= 0.6 is 11.8 Å². The fraction of sp³-hybridized carbons (Fsp3) is 0.278. The van der Waals surface area contributed by atoms with Gasteiger partial charge in [-0.2, -0.15) is 5.26 Å². The van der Waals surface area contributed by atoms with Crippen molar-refractivity contribution >= 4 is 17.7 Å². The lowest BCUT2D eigenvalue weighted by molar-refractivity contribution is -0.139. The highest BCUT2D eigenvalue weighted by molar-refractivity contribution is 7.99. The maximum Gasteiger partial charge on any atom is 0.223 e. The predicted molar refractivity (Wildman–Crippen MR) is 91.7 cm³/mol. The maximum atomic E-state index is 12.1. The number of nitriles is 1. The molecule has 0 spiro atoms. The van der Waals surface area contributed by atoms with Gasteiger partial charge in [0, 0.05) is 29.3 Å². The molecule has 0 bridgehead atoms. The molecule has 2 aromatic rings. The molecule has 0 saturated carbocycles. The summed E-state index contributed by atoms with van der Waals surface area (Å²) in [5, 5.41) is 8.73. The molecular weight excluding hydrogens is 322 g/mol. The van der Waals surface area contributed by atoms with E-state index in [1.807, 2.05) is 36.4 Å². The summed E-state index contributed by atoms with van der Waals surface area (Å²) in [6.07, 6.45) is 2.00. The topological polar surface area (TPSA) is 66.2 Å². The van der Waals surface area contributed by atoms with E-state index in [2.05, 4.69) is 4.98 Å². The molecule has 0 atom stereocenters. The molecule has 6 heteroatoms. The summed E-state index contributed by atoms with van der Waals surface area (Å²) < 4.78 is 5.68. The summed E-state index contributed by atoms with van der Waals surface area (Å²) in [6, 6.07) is 15.4. The number of aromatic nitrogens is 1. The summed E-state index contributed by atoms with van der Waals surface area (Å²) >= 11 is 1.69. The van der Waals surface area contributed by atoms with Crippen LogP contribution < -0.4 is 4.74 Å². The Morgan fingerprint density at radius 1 is 1.29 bits per heavy atom. The largest absolute Gasteiger partial charge is 0.471 e. The molecule has 5 nitrogen and oxygen atoms in total. The number of ether oxygens (including phenoxy) is 1. The molecule has 1 aromatic heterocycles. The number of rotatable bonds is 6. The van der Waals surface area contributed by atoms with Gasteiger partial charge >= 0.3 is 0 Å². The first-order valence-corrected chi connectivity index (χ1v) is 8.71. The third-order valence-corrected chi connectivity index (χ3v) is 4.70. The van der Waals surface area contributed by atoms with Gasteiger partial charge in [0.05, 0.1) is 18.7 Å². The van der Waals surface area contributed by atoms with Crippen LogP contribution in [0.5, 0.6) is 5.88 Å². The van der Waals surface area contributed by atoms with Crippen LogP contribution in [0.25, 0.3) is 0 Å². The van der Waals surface area contributed by atoms with E-state index in [9.17, 15) is 4.79 Å². The Balaban J connectivity index is 1.36. The van der Waals surface area contributed by atoms with Crippen LogP contribution in [0.15, 0.2) is 53.6 Å². The molecule has 122 valence electrons. The minimum absolute atomic E-state index is 0.0174. The van der Waals surface area contributed by atoms with Crippen molar-refractivity contribution < 1.29 is 9.53 Å². The second kappa shape index (κ2) is 7.84. The Kier molecular flexibility index (Phi) is 5.34. The molecule has 1 amide bonds. The lowest BCUT2D eigenvalue weighted by atomic mass is 10.1. The number of carbonyl (C=O) groups excluding carboxylic acids is 1. The maximum absolute atomic E-state index is 12.1. The Labute approximate surface area is 145 Å². The third kappa shape index (κ3) is 4.27. The van der Waals surface area contributed by atoms with Gasteiger partial charge in [-0.05, 0) is 18.2 Å². The summed E-state index contributed by atoms with van der Waals surface area (Å²) in [7, 11) is 0. The monoisotopic (exact) mass is 339 g/mol. The van der Waals surface area contributed by atoms with Crippen LogP contribution in [-0.4, -0.2) is 40.7 Å². The molecule has 0 aliphatic carbocycles. The molecule has 1 aromatic carbocycles. The highest BCUT2D eigenvalue weighted by Gasteiger charge is 2.32. The van der Waals surface area contributed by atoms with Crippen molar-refractivity contribution in [1.82, 2.24) is 9.88 Å². The van der Waals surface area contributed by atoms with Gasteiger partial charge in [0.15, 0.2) is 0 Å². The van der Waals surface area contributed by atoms with E-state index >= 15 is 0 Å². The SMILES string of the molecule is N#Cc1ccc(OC2CN(C(=O)CCSc3ccccc3)C2)nc1. The van der Waals surface area contributed by atoms with E-state index in [1.54, 1.807) is 28.8 Å². The van der Waals surface area contributed by atoms with Gasteiger partial charge in [-0.3, -0.25) is 4.79 Å². The number of likely N-dealkylation sites (tertiary alicyclic amines) is 1. The van der Waals surface area contributed by atoms with E-state index in [1.165, 1.54) is 11.1 Å². The highest BCUT2D eigenvalue weighted by Crippen LogP contribution is 2.20. The second-order valence-corrected chi connectivity index (χ2v) is 6.62. The smallest absolute Gasteiger partial charge is 0.223 e. The molecule has 1 saturated heterocycles. The summed E-state index contributed by atoms with van der Waals surface area (Å²) in [5.74, 6) is 1.43. The minimum atomic E-state index is -0.0174. The average Bonchev–Trinajstić information content (AvgIpc) is 2.59. The molecular formula is C18H17N3O2S. The van der Waals surface area contributed by atoms with Crippen molar-refractivity contribution in [3.63, 3.8) is 0 Å². The van der Waals surface area contributed by atoms with Crippen molar-refractivity contribution in [1.29, 1.82) is 5.26 Å². The van der Waals surface area contributed by atoms with Gasteiger partial charge < -0.3 is 9.64 Å². The fourth-order valence-corrected chi connectivity index (χ4v) is 3.20. The molecule has 0 radical (unpaired) electrons. The molecule has 1 fully saturated rings. The first-order valence-electron chi connectivity index (χ1n) is 7.73. The molecule has 24 heavy (non-hydrogen) atoms. The summed E-state index contributed by atoms with van der Waals surface area (Å²) in [6.45, 7) is 1.19. The normalized spacial score (nSPS) is 13.9. The van der Waals surface area contributed by atoms with Crippen LogP contribution in [0, 0.1) is 11.3 Å². The lowest BCUT2D eigenvalue weighted by Gasteiger charge is -2.38. The van der Waals surface area contributed by atoms with Gasteiger partial charge in [-0.1, -0.05) is 18.2 Å². The zero-order valence-corrected chi connectivity index (χ0v) is 13.9. The molecule has 2 heterocycles. The Morgan fingerprint density at radius 3 is 2.75 bits per heavy atom. The van der Waals surface area contributed by atoms with Gasteiger partial charge in [-0.15, -0.1) is 11.8 Å². The van der Waals surface area contributed by atoms with E-state index in [0.29, 0.717) is 31.0 Å². The van der Waals surface area contributed by atoms with Crippen LogP contribution in [-0.2, 0) is 4.79 Å². The summed E-state index contributed by atoms with van der Waals surface area (Å²) in [5.41, 5.74) is 0.503. The zero-order chi connectivity index (χ0) is 16.8. The number of hydrogen-bond donors (Lipinski definition) is 0. The summed E-state index contributed by atoms with van der Waals surface area (Å²) in [4.78, 5) is 19.2. The minimum Gasteiger partial charge on any atom is -0.471 e. The fourth-order valence-electron chi connectivity index (χ4n) is 2.33. The Morgan fingerprint density at radius 2 is 2.08 bits per heavy atom. The number of nitrogens with zero attached hydrogens (tertiary/aromatic N) is 3. The molecule has 0 N–H and O–H groups in total. The standard InChI is InChI=1S/C18H17N3O2S/c19-10-14-6-7-17(20-11-14)23-15-12-21(13-15)18(22)8-9-24-16-4-2-1-3-5-16/h1-7,11,15H,8-9,12-13H2. The van der Waals surface area contributed by atoms with E-state index in [-0.39, 0.29) is 12.0 Å². The van der Waals surface area contributed by atoms with Crippen LogP contribution in [0.4, 0.5) is 0 Å². The van der Waals surface area contributed by atoms with Gasteiger partial charge in [-0.25, -0.2) is 4.98 Å². The number of pyridine rings is 1. The lowest BCUT2D eigenvalue weighted by Crippen LogP contribution is -2.56. The number of carbonyl (C=O) groups is 1. The number of hydrogen-bond acceptors (Lipinski definition) is 5. The molecule has 1 aliphatic rings. The molecule has 3 rings (SSSR count). The predicted octanol–water partition coefficient (Wildman–Crippen LogP) is 2.73. The van der Waals surface area contributed by atoms with Crippen molar-refractivity contribution in [3.8, 4) is 11.9 Å². The Hall–Kier alpha value is -2.52. The average molecular weight is 339 g/mol. The van der Waals surface area contributed by atoms with Crippen molar-refractivity contribution in [3.05, 3.63) is 54.2 Å². The quantitative estimate of drug-likeness (QED) is 0.757.